The van der Waals surface area contributed by atoms with E-state index in [9.17, 15) is 9.90 Å². The largest absolute Gasteiger partial charge is 0.496 e. The summed E-state index contributed by atoms with van der Waals surface area (Å²) in [6, 6.07) is 6.71. The number of nitrogens with zero attached hydrogens (tertiary/aromatic N) is 1. The van der Waals surface area contributed by atoms with Gasteiger partial charge in [-0.05, 0) is 62.6 Å². The summed E-state index contributed by atoms with van der Waals surface area (Å²) in [7, 11) is 1.68. The second-order valence-electron chi connectivity index (χ2n) is 8.24. The third-order valence-corrected chi connectivity index (χ3v) is 6.46. The van der Waals surface area contributed by atoms with Crippen molar-refractivity contribution >= 4 is 5.91 Å². The van der Waals surface area contributed by atoms with Crippen molar-refractivity contribution < 1.29 is 14.6 Å². The van der Waals surface area contributed by atoms with Crippen molar-refractivity contribution in [2.45, 2.75) is 69.6 Å². The van der Waals surface area contributed by atoms with Crippen LogP contribution in [0.25, 0.3) is 0 Å². The van der Waals surface area contributed by atoms with Crippen LogP contribution in [0.3, 0.4) is 0 Å². The van der Waals surface area contributed by atoms with Crippen LogP contribution in [0.15, 0.2) is 29.8 Å². The Kier molecular flexibility index (Phi) is 4.99. The zero-order valence-electron chi connectivity index (χ0n) is 16.3. The minimum atomic E-state index is -0.561. The molecule has 3 aliphatic rings. The molecule has 1 amide bonds. The van der Waals surface area contributed by atoms with E-state index in [1.807, 2.05) is 24.0 Å². The van der Waals surface area contributed by atoms with Gasteiger partial charge in [0.25, 0.3) is 5.91 Å². The number of nitrogens with one attached hydrogen (secondary N) is 1. The Morgan fingerprint density at radius 2 is 2.19 bits per heavy atom. The zero-order valence-corrected chi connectivity index (χ0v) is 16.3. The van der Waals surface area contributed by atoms with E-state index >= 15 is 0 Å². The van der Waals surface area contributed by atoms with Crippen LogP contribution in [0.5, 0.6) is 5.75 Å². The van der Waals surface area contributed by atoms with Crippen molar-refractivity contribution in [1.29, 1.82) is 0 Å². The fourth-order valence-electron chi connectivity index (χ4n) is 4.68. The Balaban J connectivity index is 1.62. The standard InChI is InChI=1S/C22H30N2O3/c1-15-16(5-3-7-20(15)27-2)13-24(18-9-10-18)21(26)19-11-8-17-6-4-12-22(19,14-25)23-17/h3,5,7,11,17-18,23,25H,4,6,8-10,12-14H2,1-2H3. The molecule has 2 unspecified atom stereocenters. The van der Waals surface area contributed by atoms with Crippen LogP contribution in [0, 0.1) is 6.92 Å². The van der Waals surface area contributed by atoms with E-state index in [0.717, 1.165) is 61.0 Å². The topological polar surface area (TPSA) is 61.8 Å². The number of rotatable bonds is 6. The molecule has 1 aliphatic carbocycles. The Bertz CT molecular complexity index is 756. The van der Waals surface area contributed by atoms with Gasteiger partial charge in [-0.1, -0.05) is 18.2 Å². The Morgan fingerprint density at radius 3 is 2.89 bits per heavy atom. The van der Waals surface area contributed by atoms with Crippen molar-refractivity contribution in [3.05, 3.63) is 41.0 Å². The highest BCUT2D eigenvalue weighted by Crippen LogP contribution is 2.38. The Morgan fingerprint density at radius 1 is 1.37 bits per heavy atom. The summed E-state index contributed by atoms with van der Waals surface area (Å²) < 4.78 is 5.45. The van der Waals surface area contributed by atoms with Crippen LogP contribution in [-0.2, 0) is 11.3 Å². The summed E-state index contributed by atoms with van der Waals surface area (Å²) in [4.78, 5) is 15.6. The number of fused-ring (bicyclic) bond motifs is 2. The SMILES string of the molecule is COc1cccc(CN(C(=O)C2=CCC3CCCC2(CO)N3)C2CC2)c1C. The molecule has 5 nitrogen and oxygen atoms in total. The number of piperidine rings is 1. The van der Waals surface area contributed by atoms with Gasteiger partial charge in [0, 0.05) is 24.2 Å². The van der Waals surface area contributed by atoms with Crippen LogP contribution in [0.1, 0.15) is 49.7 Å². The highest BCUT2D eigenvalue weighted by molar-refractivity contribution is 5.96. The maximum atomic E-state index is 13.6. The van der Waals surface area contributed by atoms with Crippen molar-refractivity contribution in [3.63, 3.8) is 0 Å². The first kappa shape index (κ1) is 18.5. The van der Waals surface area contributed by atoms with E-state index in [4.69, 9.17) is 4.74 Å². The van der Waals surface area contributed by atoms with Gasteiger partial charge in [-0.2, -0.15) is 0 Å². The molecule has 1 aromatic rings. The van der Waals surface area contributed by atoms with Crippen LogP contribution < -0.4 is 10.1 Å². The van der Waals surface area contributed by atoms with Gasteiger partial charge in [0.1, 0.15) is 5.75 Å². The highest BCUT2D eigenvalue weighted by Gasteiger charge is 2.46. The zero-order chi connectivity index (χ0) is 19.0. The lowest BCUT2D eigenvalue weighted by molar-refractivity contribution is -0.130. The van der Waals surface area contributed by atoms with Crippen molar-refractivity contribution in [2.75, 3.05) is 13.7 Å². The summed E-state index contributed by atoms with van der Waals surface area (Å²) in [5, 5.41) is 13.7. The summed E-state index contributed by atoms with van der Waals surface area (Å²) >= 11 is 0. The molecule has 1 saturated heterocycles. The number of hydrogen-bond donors (Lipinski definition) is 2. The minimum absolute atomic E-state index is 0.0161. The number of aliphatic hydroxyl groups is 1. The van der Waals surface area contributed by atoms with E-state index in [0.29, 0.717) is 18.6 Å². The van der Waals surface area contributed by atoms with Crippen molar-refractivity contribution in [1.82, 2.24) is 10.2 Å². The summed E-state index contributed by atoms with van der Waals surface area (Å²) in [5.41, 5.74) is 2.42. The molecular weight excluding hydrogens is 340 g/mol. The van der Waals surface area contributed by atoms with Crippen LogP contribution >= 0.6 is 0 Å². The molecule has 0 spiro atoms. The number of hydrogen-bond acceptors (Lipinski definition) is 4. The van der Waals surface area contributed by atoms with Crippen LogP contribution in [-0.4, -0.2) is 47.3 Å². The van der Waals surface area contributed by atoms with Gasteiger partial charge in [0.2, 0.25) is 0 Å². The molecule has 2 heterocycles. The molecule has 5 heteroatoms. The fraction of sp³-hybridized carbons (Fsp3) is 0.591. The van der Waals surface area contributed by atoms with Gasteiger partial charge in [0.15, 0.2) is 0 Å². The molecule has 146 valence electrons. The van der Waals surface area contributed by atoms with Crippen molar-refractivity contribution in [3.8, 4) is 5.75 Å². The molecular formula is C22H30N2O3. The summed E-state index contributed by atoms with van der Waals surface area (Å²) in [6.07, 6.45) is 8.09. The molecule has 2 aliphatic heterocycles. The van der Waals surface area contributed by atoms with E-state index in [2.05, 4.69) is 17.5 Å². The molecule has 1 aromatic carbocycles. The smallest absolute Gasteiger partial charge is 0.251 e. The maximum absolute atomic E-state index is 13.6. The van der Waals surface area contributed by atoms with Gasteiger partial charge < -0.3 is 20.1 Å². The van der Waals surface area contributed by atoms with E-state index < -0.39 is 5.54 Å². The maximum Gasteiger partial charge on any atom is 0.251 e. The number of carbonyl (C=O) groups is 1. The second-order valence-corrected chi connectivity index (χ2v) is 8.24. The molecule has 1 saturated carbocycles. The molecule has 0 radical (unpaired) electrons. The number of benzene rings is 1. The third-order valence-electron chi connectivity index (χ3n) is 6.46. The molecule has 4 rings (SSSR count). The Labute approximate surface area is 161 Å². The first-order valence-electron chi connectivity index (χ1n) is 10.1. The lowest BCUT2D eigenvalue weighted by atomic mass is 9.75. The summed E-state index contributed by atoms with van der Waals surface area (Å²) in [6.45, 7) is 2.62. The normalized spacial score (nSPS) is 27.1. The van der Waals surface area contributed by atoms with Crippen LogP contribution in [0.2, 0.25) is 0 Å². The van der Waals surface area contributed by atoms with Gasteiger partial charge in [0.05, 0.1) is 19.3 Å². The minimum Gasteiger partial charge on any atom is -0.496 e. The first-order valence-corrected chi connectivity index (χ1v) is 10.1. The van der Waals surface area contributed by atoms with Gasteiger partial charge in [-0.3, -0.25) is 4.79 Å². The number of methoxy groups -OCH3 is 1. The summed E-state index contributed by atoms with van der Waals surface area (Å²) in [5.74, 6) is 0.942. The molecule has 0 aromatic heterocycles. The first-order chi connectivity index (χ1) is 13.1. The van der Waals surface area contributed by atoms with E-state index in [1.54, 1.807) is 7.11 Å². The predicted molar refractivity (Wildman–Crippen MR) is 105 cm³/mol. The number of amides is 1. The molecule has 2 bridgehead atoms. The predicted octanol–water partition coefficient (Wildman–Crippen LogP) is 2.70. The van der Waals surface area contributed by atoms with Gasteiger partial charge in [-0.25, -0.2) is 0 Å². The third kappa shape index (κ3) is 3.39. The lowest BCUT2D eigenvalue weighted by Gasteiger charge is -2.46. The fourth-order valence-corrected chi connectivity index (χ4v) is 4.68. The average molecular weight is 370 g/mol. The van der Waals surface area contributed by atoms with Crippen molar-refractivity contribution in [2.24, 2.45) is 0 Å². The highest BCUT2D eigenvalue weighted by atomic mass is 16.5. The number of ether oxygens (including phenoxy) is 1. The molecule has 27 heavy (non-hydrogen) atoms. The van der Waals surface area contributed by atoms with Gasteiger partial charge in [-0.15, -0.1) is 0 Å². The quantitative estimate of drug-likeness (QED) is 0.808. The monoisotopic (exact) mass is 370 g/mol. The van der Waals surface area contributed by atoms with Gasteiger partial charge >= 0.3 is 0 Å². The number of aliphatic hydroxyl groups excluding tert-OH is 1. The number of carbonyl (C=O) groups excluding carboxylic acids is 1. The average Bonchev–Trinajstić information content (AvgIpc) is 3.52. The Hall–Kier alpha value is -1.85. The molecule has 2 N–H and O–H groups in total. The van der Waals surface area contributed by atoms with Crippen LogP contribution in [0.4, 0.5) is 0 Å². The molecule has 2 atom stereocenters. The second kappa shape index (κ2) is 7.28. The molecule has 2 fully saturated rings. The lowest BCUT2D eigenvalue weighted by Crippen LogP contribution is -2.61. The van der Waals surface area contributed by atoms with E-state index in [-0.39, 0.29) is 12.5 Å². The van der Waals surface area contributed by atoms with E-state index in [1.165, 1.54) is 0 Å².